The molecule has 1 aliphatic heterocycles. The van der Waals surface area contributed by atoms with Gasteiger partial charge in [-0.3, -0.25) is 5.84 Å². The Labute approximate surface area is 104 Å². The van der Waals surface area contributed by atoms with Crippen LogP contribution in [0.2, 0.25) is 0 Å². The van der Waals surface area contributed by atoms with Crippen LogP contribution in [0.1, 0.15) is 0 Å². The maximum absolute atomic E-state index is 5.31. The van der Waals surface area contributed by atoms with Crippen molar-refractivity contribution in [1.29, 1.82) is 0 Å². The van der Waals surface area contributed by atoms with Crippen LogP contribution in [0, 0.1) is 0 Å². The van der Waals surface area contributed by atoms with E-state index < -0.39 is 0 Å². The third-order valence-electron chi connectivity index (χ3n) is 0.922. The van der Waals surface area contributed by atoms with Crippen LogP contribution in [-0.2, 0) is 0 Å². The van der Waals surface area contributed by atoms with E-state index in [-0.39, 0.29) is 58.2 Å². The van der Waals surface area contributed by atoms with Crippen molar-refractivity contribution in [1.82, 2.24) is 5.01 Å². The molecule has 1 rings (SSSR count). The average molecular weight is 199 g/mol. The fourth-order valence-electron chi connectivity index (χ4n) is 0.573. The summed E-state index contributed by atoms with van der Waals surface area (Å²) in [6.07, 6.45) is 0. The molecule has 46 valence electrons. The fourth-order valence-corrected chi connectivity index (χ4v) is 0.573. The molecule has 0 aromatic heterocycles. The molecule has 0 fully saturated rings. The van der Waals surface area contributed by atoms with Gasteiger partial charge in [-0.05, 0) is 20.1 Å². The zero-order valence-corrected chi connectivity index (χ0v) is 10.7. The van der Waals surface area contributed by atoms with Gasteiger partial charge in [-0.1, -0.05) is 0 Å². The summed E-state index contributed by atoms with van der Waals surface area (Å²) < 4.78 is 0. The summed E-state index contributed by atoms with van der Waals surface area (Å²) in [7, 11) is 1.73. The molecule has 0 aromatic carbocycles. The second kappa shape index (κ2) is 4.79. The first kappa shape index (κ1) is 10.0. The summed E-state index contributed by atoms with van der Waals surface area (Å²) >= 11 is 0. The summed E-state index contributed by atoms with van der Waals surface area (Å²) in [5.41, 5.74) is 0. The van der Waals surface area contributed by atoms with Gasteiger partial charge in [-0.25, -0.2) is 0 Å². The van der Waals surface area contributed by atoms with Crippen LogP contribution >= 0.6 is 0 Å². The first-order chi connectivity index (χ1) is 3.80. The molecule has 9 heavy (non-hydrogen) atoms. The van der Waals surface area contributed by atoms with Crippen LogP contribution in [0.5, 0.6) is 0 Å². The van der Waals surface area contributed by atoms with Gasteiger partial charge in [-0.2, -0.15) is 0 Å². The fraction of sp³-hybridized carbons (Fsp3) is 0.750. The Morgan fingerprint density at radius 3 is 2.67 bits per heavy atom. The van der Waals surface area contributed by atoms with Crippen molar-refractivity contribution in [3.05, 3.63) is 5.32 Å². The summed E-state index contributed by atoms with van der Waals surface area (Å²) in [6, 6.07) is 0. The predicted octanol–water partition coefficient (Wildman–Crippen LogP) is -3.46. The Hall–Kier alpha value is 1.04. The van der Waals surface area contributed by atoms with Gasteiger partial charge in [0.15, 0.2) is 0 Å². The van der Waals surface area contributed by atoms with Crippen LogP contribution in [0.3, 0.4) is 0 Å². The second-order valence-electron chi connectivity index (χ2n) is 1.67. The molecule has 1 aliphatic rings. The smallest absolute Gasteiger partial charge is 0.393 e. The quantitative estimate of drug-likeness (QED) is 0.325. The monoisotopic (exact) mass is 198 g/mol. The molecule has 0 saturated carbocycles. The van der Waals surface area contributed by atoms with Crippen LogP contribution in [0.25, 0.3) is 5.32 Å². The van der Waals surface area contributed by atoms with Gasteiger partial charge < -0.3 is 15.3 Å². The number of hydrogen-bond acceptors (Lipinski definition) is 3. The van der Waals surface area contributed by atoms with Crippen molar-refractivity contribution in [3.8, 4) is 0 Å². The molecule has 0 unspecified atom stereocenters. The van der Waals surface area contributed by atoms with Crippen LogP contribution in [0.4, 0.5) is 0 Å². The number of hydrazine groups is 1. The molecule has 0 spiro atoms. The molecule has 0 bridgehead atoms. The van der Waals surface area contributed by atoms with Crippen LogP contribution in [-0.4, -0.2) is 31.1 Å². The molecule has 5 heteroatoms. The molecule has 0 radical (unpaired) electrons. The summed E-state index contributed by atoms with van der Waals surface area (Å²) in [6.45, 7) is 1.58. The van der Waals surface area contributed by atoms with E-state index in [1.54, 1.807) is 7.05 Å². The molecule has 2 N–H and O–H groups in total. The van der Waals surface area contributed by atoms with Crippen molar-refractivity contribution in [2.24, 2.45) is 10.8 Å². The van der Waals surface area contributed by atoms with Crippen molar-refractivity contribution in [2.45, 2.75) is 0 Å². The van der Waals surface area contributed by atoms with E-state index in [0.29, 0.717) is 5.96 Å². The van der Waals surface area contributed by atoms with E-state index in [0.717, 1.165) is 13.1 Å². The number of aliphatic imine (C=N–C) groups is 1. The molecular formula is C4H9N4Rb. The number of nitrogens with zero attached hydrogens (tertiary/aromatic N) is 3. The van der Waals surface area contributed by atoms with Crippen LogP contribution in [0.15, 0.2) is 4.99 Å². The maximum Gasteiger partial charge on any atom is 1.00 e. The largest absolute Gasteiger partial charge is 1.00 e. The Balaban J connectivity index is 0.000000640. The third-order valence-corrected chi connectivity index (χ3v) is 0.922. The van der Waals surface area contributed by atoms with Gasteiger partial charge in [0.25, 0.3) is 0 Å². The van der Waals surface area contributed by atoms with E-state index in [1.807, 2.05) is 0 Å². The molecule has 0 aromatic rings. The summed E-state index contributed by atoms with van der Waals surface area (Å²) in [5, 5.41) is 5.41. The Bertz CT molecular complexity index is 111. The standard InChI is InChI=1S/C4H9N4.Rb/c1-8(5)4-6-2-3-7-4;/h2-3,5H2,1H3;/q-1;+1. The predicted molar refractivity (Wildman–Crippen MR) is 32.5 cm³/mol. The molecule has 1 heterocycles. The Morgan fingerprint density at radius 2 is 2.44 bits per heavy atom. The van der Waals surface area contributed by atoms with Crippen molar-refractivity contribution >= 4 is 5.96 Å². The Kier molecular flexibility index (Phi) is 5.34. The number of guanidine groups is 1. The Morgan fingerprint density at radius 1 is 1.78 bits per heavy atom. The SMILES string of the molecule is CN(N)C1=NCC[N-]1.[Rb+]. The maximum atomic E-state index is 5.31. The molecular weight excluding hydrogens is 190 g/mol. The van der Waals surface area contributed by atoms with Gasteiger partial charge >= 0.3 is 58.2 Å². The topological polar surface area (TPSA) is 55.7 Å². The molecule has 0 amide bonds. The molecule has 0 aliphatic carbocycles. The number of hydrogen-bond donors (Lipinski definition) is 1. The average Bonchev–Trinajstić information content (AvgIpc) is 2.12. The first-order valence-corrected chi connectivity index (χ1v) is 2.51. The second-order valence-corrected chi connectivity index (χ2v) is 1.67. The minimum atomic E-state index is 0. The minimum Gasteiger partial charge on any atom is -0.393 e. The van der Waals surface area contributed by atoms with E-state index >= 15 is 0 Å². The van der Waals surface area contributed by atoms with Crippen molar-refractivity contribution in [2.75, 3.05) is 20.1 Å². The zero-order chi connectivity index (χ0) is 5.98. The third kappa shape index (κ3) is 3.09. The first-order valence-electron chi connectivity index (χ1n) is 2.51. The van der Waals surface area contributed by atoms with Gasteiger partial charge in [0.2, 0.25) is 0 Å². The number of rotatable bonds is 0. The molecule has 0 saturated heterocycles. The zero-order valence-electron chi connectivity index (χ0n) is 5.83. The van der Waals surface area contributed by atoms with Crippen molar-refractivity contribution in [3.63, 3.8) is 0 Å². The summed E-state index contributed by atoms with van der Waals surface area (Å²) in [4.78, 5) is 3.99. The van der Waals surface area contributed by atoms with E-state index in [1.165, 1.54) is 5.01 Å². The van der Waals surface area contributed by atoms with E-state index in [2.05, 4.69) is 10.3 Å². The van der Waals surface area contributed by atoms with Gasteiger partial charge in [0.1, 0.15) is 0 Å². The summed E-state index contributed by atoms with van der Waals surface area (Å²) in [5.74, 6) is 5.96. The number of nitrogens with two attached hydrogens (primary N) is 1. The van der Waals surface area contributed by atoms with Crippen LogP contribution < -0.4 is 64.0 Å². The van der Waals surface area contributed by atoms with Gasteiger partial charge in [0.05, 0.1) is 0 Å². The minimum absolute atomic E-state index is 0. The molecule has 0 atom stereocenters. The van der Waals surface area contributed by atoms with E-state index in [9.17, 15) is 0 Å². The van der Waals surface area contributed by atoms with Crippen molar-refractivity contribution < 1.29 is 58.2 Å². The van der Waals surface area contributed by atoms with E-state index in [4.69, 9.17) is 5.84 Å². The normalized spacial score (nSPS) is 15.6. The van der Waals surface area contributed by atoms with Gasteiger partial charge in [0, 0.05) is 5.96 Å². The molecule has 4 nitrogen and oxygen atoms in total. The van der Waals surface area contributed by atoms with Gasteiger partial charge in [-0.15, -0.1) is 0 Å².